The maximum atomic E-state index is 12.0. The van der Waals surface area contributed by atoms with Crippen LogP contribution >= 0.6 is 0 Å². The lowest BCUT2D eigenvalue weighted by molar-refractivity contribution is 0.252. The van der Waals surface area contributed by atoms with Crippen LogP contribution in [0.2, 0.25) is 0 Å². The molecule has 0 atom stereocenters. The summed E-state index contributed by atoms with van der Waals surface area (Å²) in [6.45, 7) is 8.47. The number of rotatable bonds is 6. The Balaban J connectivity index is 1.83. The van der Waals surface area contributed by atoms with Crippen LogP contribution in [0, 0.1) is 13.8 Å². The third-order valence-corrected chi connectivity index (χ3v) is 3.81. The number of para-hydroxylation sites is 1. The van der Waals surface area contributed by atoms with Gasteiger partial charge in [-0.3, -0.25) is 0 Å². The Labute approximate surface area is 138 Å². The molecule has 0 heterocycles. The highest BCUT2D eigenvalue weighted by Crippen LogP contribution is 2.15. The lowest BCUT2D eigenvalue weighted by Crippen LogP contribution is -2.37. The number of aryl methyl sites for hydroxylation is 2. The number of carbonyl (C=O) groups is 1. The first-order chi connectivity index (χ1) is 11.1. The second kappa shape index (κ2) is 8.22. The molecule has 0 fully saturated rings. The first kappa shape index (κ1) is 16.9. The molecule has 0 unspecified atom stereocenters. The van der Waals surface area contributed by atoms with E-state index in [4.69, 9.17) is 0 Å². The molecule has 2 N–H and O–H groups in total. The number of urea groups is 1. The van der Waals surface area contributed by atoms with Crippen LogP contribution in [0.25, 0.3) is 0 Å². The highest BCUT2D eigenvalue weighted by Gasteiger charge is 2.06. The van der Waals surface area contributed by atoms with E-state index in [-0.39, 0.29) is 6.03 Å². The number of nitrogens with zero attached hydrogens (tertiary/aromatic N) is 1. The van der Waals surface area contributed by atoms with Gasteiger partial charge in [0.25, 0.3) is 0 Å². The molecule has 2 amide bonds. The van der Waals surface area contributed by atoms with Gasteiger partial charge in [0.15, 0.2) is 0 Å². The molecule has 0 bridgehead atoms. The Morgan fingerprint density at radius 1 is 1.09 bits per heavy atom. The summed E-state index contributed by atoms with van der Waals surface area (Å²) >= 11 is 0. The van der Waals surface area contributed by atoms with Crippen LogP contribution in [-0.4, -0.2) is 25.7 Å². The van der Waals surface area contributed by atoms with Gasteiger partial charge in [0.1, 0.15) is 0 Å². The molecule has 0 aliphatic carbocycles. The standard InChI is InChI=1S/C19H25N3O/c1-4-22(17-10-7-8-15(2)14-17)13-12-20-19(23)21-18-11-6-5-9-16(18)3/h5-11,14H,4,12-13H2,1-3H3,(H2,20,21,23). The summed E-state index contributed by atoms with van der Waals surface area (Å²) in [6, 6.07) is 16.0. The van der Waals surface area contributed by atoms with Gasteiger partial charge in [0, 0.05) is 31.0 Å². The van der Waals surface area contributed by atoms with Gasteiger partial charge in [-0.2, -0.15) is 0 Å². The number of benzene rings is 2. The molecule has 4 heteroatoms. The Kier molecular flexibility index (Phi) is 6.03. The molecule has 2 rings (SSSR count). The highest BCUT2D eigenvalue weighted by atomic mass is 16.2. The van der Waals surface area contributed by atoms with Crippen LogP contribution in [0.4, 0.5) is 16.2 Å². The van der Waals surface area contributed by atoms with E-state index in [0.717, 1.165) is 24.3 Å². The third kappa shape index (κ3) is 5.02. The molecule has 0 radical (unpaired) electrons. The van der Waals surface area contributed by atoms with Crippen LogP contribution in [0.15, 0.2) is 48.5 Å². The van der Waals surface area contributed by atoms with Crippen molar-refractivity contribution in [2.45, 2.75) is 20.8 Å². The van der Waals surface area contributed by atoms with Gasteiger partial charge in [-0.05, 0) is 50.1 Å². The molecule has 0 aliphatic heterocycles. The Morgan fingerprint density at radius 2 is 1.87 bits per heavy atom. The zero-order valence-electron chi connectivity index (χ0n) is 14.1. The summed E-state index contributed by atoms with van der Waals surface area (Å²) in [5, 5.41) is 5.80. The number of nitrogens with one attached hydrogen (secondary N) is 2. The first-order valence-electron chi connectivity index (χ1n) is 8.02. The third-order valence-electron chi connectivity index (χ3n) is 3.81. The minimum atomic E-state index is -0.167. The second-order valence-corrected chi connectivity index (χ2v) is 5.61. The Bertz CT molecular complexity index is 655. The lowest BCUT2D eigenvalue weighted by atomic mass is 10.2. The quantitative estimate of drug-likeness (QED) is 0.848. The average Bonchev–Trinajstić information content (AvgIpc) is 2.54. The summed E-state index contributed by atoms with van der Waals surface area (Å²) in [5.41, 5.74) is 4.33. The molecule has 4 nitrogen and oxygen atoms in total. The normalized spacial score (nSPS) is 10.2. The largest absolute Gasteiger partial charge is 0.370 e. The van der Waals surface area contributed by atoms with Gasteiger partial charge in [-0.15, -0.1) is 0 Å². The van der Waals surface area contributed by atoms with Gasteiger partial charge in [0.2, 0.25) is 0 Å². The second-order valence-electron chi connectivity index (χ2n) is 5.61. The minimum Gasteiger partial charge on any atom is -0.370 e. The fourth-order valence-corrected chi connectivity index (χ4v) is 2.48. The minimum absolute atomic E-state index is 0.167. The predicted molar refractivity (Wildman–Crippen MR) is 97.3 cm³/mol. The number of carbonyl (C=O) groups excluding carboxylic acids is 1. The molecular formula is C19H25N3O. The van der Waals surface area contributed by atoms with E-state index in [2.05, 4.69) is 53.6 Å². The maximum Gasteiger partial charge on any atom is 0.319 e. The van der Waals surface area contributed by atoms with Crippen molar-refractivity contribution in [3.05, 3.63) is 59.7 Å². The van der Waals surface area contributed by atoms with Gasteiger partial charge in [0.05, 0.1) is 0 Å². The van der Waals surface area contributed by atoms with Crippen LogP contribution < -0.4 is 15.5 Å². The smallest absolute Gasteiger partial charge is 0.319 e. The monoisotopic (exact) mass is 311 g/mol. The van der Waals surface area contributed by atoms with Crippen molar-refractivity contribution in [3.63, 3.8) is 0 Å². The number of amides is 2. The van der Waals surface area contributed by atoms with Crippen molar-refractivity contribution in [2.24, 2.45) is 0 Å². The molecule has 122 valence electrons. The molecule has 0 saturated carbocycles. The van der Waals surface area contributed by atoms with E-state index in [1.54, 1.807) is 0 Å². The van der Waals surface area contributed by atoms with Crippen molar-refractivity contribution >= 4 is 17.4 Å². The lowest BCUT2D eigenvalue weighted by Gasteiger charge is -2.23. The molecule has 0 aliphatic rings. The van der Waals surface area contributed by atoms with Gasteiger partial charge in [-0.1, -0.05) is 30.3 Å². The highest BCUT2D eigenvalue weighted by molar-refractivity contribution is 5.90. The van der Waals surface area contributed by atoms with E-state index in [1.165, 1.54) is 11.3 Å². The summed E-state index contributed by atoms with van der Waals surface area (Å²) in [4.78, 5) is 14.2. The van der Waals surface area contributed by atoms with Crippen molar-refractivity contribution in [1.29, 1.82) is 0 Å². The van der Waals surface area contributed by atoms with Crippen LogP contribution in [0.5, 0.6) is 0 Å². The number of likely N-dealkylation sites (N-methyl/N-ethyl adjacent to an activating group) is 1. The number of hydrogen-bond donors (Lipinski definition) is 2. The summed E-state index contributed by atoms with van der Waals surface area (Å²) in [5.74, 6) is 0. The van der Waals surface area contributed by atoms with Crippen molar-refractivity contribution in [2.75, 3.05) is 29.9 Å². The first-order valence-corrected chi connectivity index (χ1v) is 8.02. The molecule has 2 aromatic rings. The number of hydrogen-bond acceptors (Lipinski definition) is 2. The van der Waals surface area contributed by atoms with Crippen molar-refractivity contribution < 1.29 is 4.79 Å². The summed E-state index contributed by atoms with van der Waals surface area (Å²) in [7, 11) is 0. The van der Waals surface area contributed by atoms with Crippen LogP contribution in [-0.2, 0) is 0 Å². The molecule has 2 aromatic carbocycles. The Hall–Kier alpha value is -2.49. The summed E-state index contributed by atoms with van der Waals surface area (Å²) < 4.78 is 0. The van der Waals surface area contributed by atoms with Gasteiger partial charge >= 0.3 is 6.03 Å². The molecule has 0 spiro atoms. The molecule has 0 saturated heterocycles. The molecule has 23 heavy (non-hydrogen) atoms. The fraction of sp³-hybridized carbons (Fsp3) is 0.316. The van der Waals surface area contributed by atoms with Crippen molar-refractivity contribution in [1.82, 2.24) is 5.32 Å². The van der Waals surface area contributed by atoms with E-state index in [0.29, 0.717) is 6.54 Å². The van der Waals surface area contributed by atoms with E-state index < -0.39 is 0 Å². The van der Waals surface area contributed by atoms with Crippen molar-refractivity contribution in [3.8, 4) is 0 Å². The number of anilines is 2. The zero-order valence-corrected chi connectivity index (χ0v) is 14.1. The van der Waals surface area contributed by atoms with E-state index in [9.17, 15) is 4.79 Å². The van der Waals surface area contributed by atoms with Crippen LogP contribution in [0.3, 0.4) is 0 Å². The Morgan fingerprint density at radius 3 is 2.57 bits per heavy atom. The predicted octanol–water partition coefficient (Wildman–Crippen LogP) is 3.95. The maximum absolute atomic E-state index is 12.0. The molecular weight excluding hydrogens is 286 g/mol. The SMILES string of the molecule is CCN(CCNC(=O)Nc1ccccc1C)c1cccc(C)c1. The van der Waals surface area contributed by atoms with E-state index in [1.807, 2.05) is 31.2 Å². The van der Waals surface area contributed by atoms with Crippen LogP contribution in [0.1, 0.15) is 18.1 Å². The molecule has 0 aromatic heterocycles. The summed E-state index contributed by atoms with van der Waals surface area (Å²) in [6.07, 6.45) is 0. The van der Waals surface area contributed by atoms with E-state index >= 15 is 0 Å². The average molecular weight is 311 g/mol. The van der Waals surface area contributed by atoms with Gasteiger partial charge < -0.3 is 15.5 Å². The zero-order chi connectivity index (χ0) is 16.7. The fourth-order valence-electron chi connectivity index (χ4n) is 2.48. The van der Waals surface area contributed by atoms with Gasteiger partial charge in [-0.25, -0.2) is 4.79 Å². The topological polar surface area (TPSA) is 44.4 Å².